The molecule has 0 spiro atoms. The Morgan fingerprint density at radius 3 is 3.00 bits per heavy atom. The minimum Gasteiger partial charge on any atom is -0.433 e. The first-order valence-electron chi connectivity index (χ1n) is 5.00. The molecule has 2 aliphatic heterocycles. The van der Waals surface area contributed by atoms with Crippen LogP contribution in [-0.2, 0) is 14.3 Å². The molecule has 0 unspecified atom stereocenters. The number of esters is 1. The fourth-order valence-electron chi connectivity index (χ4n) is 2.33. The van der Waals surface area contributed by atoms with E-state index in [-0.39, 0.29) is 18.0 Å². The molecule has 2 saturated heterocycles. The van der Waals surface area contributed by atoms with Crippen molar-refractivity contribution in [2.45, 2.75) is 51.4 Å². The van der Waals surface area contributed by atoms with Crippen LogP contribution in [-0.4, -0.2) is 17.9 Å². The third kappa shape index (κ3) is 1.57. The first-order valence-corrected chi connectivity index (χ1v) is 5.00. The second-order valence-electron chi connectivity index (χ2n) is 4.25. The molecule has 3 heteroatoms. The topological polar surface area (TPSA) is 35.5 Å². The molecule has 0 aromatic heterocycles. The zero-order valence-corrected chi connectivity index (χ0v) is 8.21. The predicted octanol–water partition coefficient (Wildman–Crippen LogP) is 1.85. The fraction of sp³-hybridized carbons (Fsp3) is 0.900. The van der Waals surface area contributed by atoms with Crippen molar-refractivity contribution < 1.29 is 14.3 Å². The van der Waals surface area contributed by atoms with Gasteiger partial charge in [0.25, 0.3) is 0 Å². The van der Waals surface area contributed by atoms with Crippen molar-refractivity contribution >= 4 is 5.97 Å². The summed E-state index contributed by atoms with van der Waals surface area (Å²) < 4.78 is 11.0. The lowest BCUT2D eigenvalue weighted by Gasteiger charge is -2.29. The van der Waals surface area contributed by atoms with Crippen LogP contribution in [0.15, 0.2) is 0 Å². The normalized spacial score (nSPS) is 45.2. The van der Waals surface area contributed by atoms with Crippen molar-refractivity contribution in [3.05, 3.63) is 0 Å². The number of ether oxygens (including phenoxy) is 2. The van der Waals surface area contributed by atoms with Gasteiger partial charge in [0.15, 0.2) is 0 Å². The molecule has 0 aromatic rings. The molecule has 3 atom stereocenters. The van der Waals surface area contributed by atoms with E-state index in [0.717, 1.165) is 19.3 Å². The van der Waals surface area contributed by atoms with E-state index in [9.17, 15) is 4.79 Å². The lowest BCUT2D eigenvalue weighted by atomic mass is 9.94. The van der Waals surface area contributed by atoms with Gasteiger partial charge < -0.3 is 9.47 Å². The second kappa shape index (κ2) is 2.98. The van der Waals surface area contributed by atoms with Gasteiger partial charge in [-0.3, -0.25) is 4.79 Å². The summed E-state index contributed by atoms with van der Waals surface area (Å²) in [6.07, 6.45) is 4.00. The van der Waals surface area contributed by atoms with Gasteiger partial charge in [-0.25, -0.2) is 0 Å². The summed E-state index contributed by atoms with van der Waals surface area (Å²) in [4.78, 5) is 11.1. The summed E-state index contributed by atoms with van der Waals surface area (Å²) in [6.45, 7) is 3.93. The Hall–Kier alpha value is -0.570. The molecule has 3 nitrogen and oxygen atoms in total. The van der Waals surface area contributed by atoms with Crippen LogP contribution in [0.5, 0.6) is 0 Å². The van der Waals surface area contributed by atoms with E-state index in [0.29, 0.717) is 6.42 Å². The van der Waals surface area contributed by atoms with Gasteiger partial charge in [-0.05, 0) is 19.8 Å². The number of carbonyl (C=O) groups is 1. The van der Waals surface area contributed by atoms with Crippen molar-refractivity contribution in [2.75, 3.05) is 0 Å². The van der Waals surface area contributed by atoms with E-state index in [1.165, 1.54) is 0 Å². The Kier molecular flexibility index (Phi) is 2.06. The van der Waals surface area contributed by atoms with Crippen molar-refractivity contribution in [1.29, 1.82) is 0 Å². The second-order valence-corrected chi connectivity index (χ2v) is 4.25. The lowest BCUT2D eigenvalue weighted by Crippen LogP contribution is -2.36. The van der Waals surface area contributed by atoms with Crippen molar-refractivity contribution in [1.82, 2.24) is 0 Å². The van der Waals surface area contributed by atoms with Crippen LogP contribution in [0.3, 0.4) is 0 Å². The Bertz CT molecular complexity index is 226. The van der Waals surface area contributed by atoms with E-state index < -0.39 is 5.79 Å². The third-order valence-corrected chi connectivity index (χ3v) is 3.07. The number of carbonyl (C=O) groups excluding carboxylic acids is 1. The van der Waals surface area contributed by atoms with Gasteiger partial charge in [-0.2, -0.15) is 0 Å². The fourth-order valence-corrected chi connectivity index (χ4v) is 2.33. The Morgan fingerprint density at radius 1 is 1.46 bits per heavy atom. The highest BCUT2D eigenvalue weighted by molar-refractivity contribution is 5.72. The predicted molar refractivity (Wildman–Crippen MR) is 47.0 cm³/mol. The minimum absolute atomic E-state index is 0.110. The largest absolute Gasteiger partial charge is 0.433 e. The van der Waals surface area contributed by atoms with Crippen LogP contribution in [0.1, 0.15) is 39.5 Å². The summed E-state index contributed by atoms with van der Waals surface area (Å²) in [6, 6.07) is 0. The monoisotopic (exact) mass is 184 g/mol. The molecule has 74 valence electrons. The summed E-state index contributed by atoms with van der Waals surface area (Å²) >= 11 is 0. The van der Waals surface area contributed by atoms with E-state index in [1.807, 2.05) is 13.8 Å². The lowest BCUT2D eigenvalue weighted by molar-refractivity contribution is -0.231. The first kappa shape index (κ1) is 9.00. The van der Waals surface area contributed by atoms with Crippen LogP contribution in [0.2, 0.25) is 0 Å². The molecule has 0 N–H and O–H groups in total. The molecule has 2 rings (SSSR count). The van der Waals surface area contributed by atoms with Crippen LogP contribution in [0, 0.1) is 5.92 Å². The summed E-state index contributed by atoms with van der Waals surface area (Å²) in [5.41, 5.74) is 0. The Balaban J connectivity index is 2.17. The summed E-state index contributed by atoms with van der Waals surface area (Å²) in [5.74, 6) is -0.473. The molecule has 0 aromatic carbocycles. The molecule has 2 heterocycles. The number of hydrogen-bond acceptors (Lipinski definition) is 3. The molecular formula is C10H16O3. The van der Waals surface area contributed by atoms with Gasteiger partial charge >= 0.3 is 5.97 Å². The number of hydrogen-bond donors (Lipinski definition) is 0. The molecule has 13 heavy (non-hydrogen) atoms. The quantitative estimate of drug-likeness (QED) is 0.539. The van der Waals surface area contributed by atoms with Gasteiger partial charge in [0.05, 0.1) is 12.5 Å². The van der Waals surface area contributed by atoms with E-state index >= 15 is 0 Å². The summed E-state index contributed by atoms with van der Waals surface area (Å²) in [5, 5.41) is 0. The zero-order chi connectivity index (χ0) is 9.47. The van der Waals surface area contributed by atoms with Gasteiger partial charge in [0.1, 0.15) is 0 Å². The molecule has 0 radical (unpaired) electrons. The zero-order valence-electron chi connectivity index (χ0n) is 8.21. The van der Waals surface area contributed by atoms with E-state index in [4.69, 9.17) is 9.47 Å². The molecule has 0 amide bonds. The van der Waals surface area contributed by atoms with Crippen LogP contribution < -0.4 is 0 Å². The van der Waals surface area contributed by atoms with Crippen LogP contribution in [0.25, 0.3) is 0 Å². The smallest absolute Gasteiger partial charge is 0.308 e. The van der Waals surface area contributed by atoms with Crippen molar-refractivity contribution in [3.8, 4) is 0 Å². The maximum absolute atomic E-state index is 11.1. The Morgan fingerprint density at radius 2 is 2.23 bits per heavy atom. The minimum atomic E-state index is -0.632. The van der Waals surface area contributed by atoms with Crippen molar-refractivity contribution in [2.24, 2.45) is 5.92 Å². The van der Waals surface area contributed by atoms with Gasteiger partial charge in [0.2, 0.25) is 5.79 Å². The molecule has 2 aliphatic rings. The van der Waals surface area contributed by atoms with E-state index in [1.54, 1.807) is 0 Å². The van der Waals surface area contributed by atoms with Crippen LogP contribution in [0.4, 0.5) is 0 Å². The molecule has 0 bridgehead atoms. The average Bonchev–Trinajstić information content (AvgIpc) is 2.18. The molecule has 0 aliphatic carbocycles. The average molecular weight is 184 g/mol. The highest BCUT2D eigenvalue weighted by atomic mass is 16.7. The van der Waals surface area contributed by atoms with Crippen LogP contribution >= 0.6 is 0 Å². The molecule has 2 fully saturated rings. The summed E-state index contributed by atoms with van der Waals surface area (Å²) in [7, 11) is 0. The molecular weight excluding hydrogens is 168 g/mol. The number of rotatable bonds is 0. The Labute approximate surface area is 78.4 Å². The van der Waals surface area contributed by atoms with Gasteiger partial charge in [-0.1, -0.05) is 6.42 Å². The maximum atomic E-state index is 11.1. The highest BCUT2D eigenvalue weighted by Crippen LogP contribution is 2.40. The van der Waals surface area contributed by atoms with Gasteiger partial charge in [0, 0.05) is 12.8 Å². The van der Waals surface area contributed by atoms with Gasteiger partial charge in [-0.15, -0.1) is 0 Å². The number of fused-ring (bicyclic) bond motifs is 1. The highest BCUT2D eigenvalue weighted by Gasteiger charge is 2.48. The standard InChI is InChI=1S/C10H16O3/c1-7-4-3-5-8-6-9(11)13-10(8,2)12-7/h7-8H,3-6H2,1-2H3/t7-,8-,10+/m1/s1. The third-order valence-electron chi connectivity index (χ3n) is 3.07. The first-order chi connectivity index (χ1) is 6.10. The van der Waals surface area contributed by atoms with E-state index in [2.05, 4.69) is 0 Å². The maximum Gasteiger partial charge on any atom is 0.308 e. The van der Waals surface area contributed by atoms with Crippen molar-refractivity contribution in [3.63, 3.8) is 0 Å². The SMILES string of the molecule is C[C@@H]1CCC[C@@H]2CC(=O)O[C@]2(C)O1. The molecule has 0 saturated carbocycles.